The molecule has 1 aliphatic rings. The van der Waals surface area contributed by atoms with Crippen molar-refractivity contribution in [1.29, 1.82) is 0 Å². The Kier molecular flexibility index (Phi) is 6.75. The third-order valence-corrected chi connectivity index (χ3v) is 6.03. The van der Waals surface area contributed by atoms with Crippen LogP contribution in [0.4, 0.5) is 5.82 Å². The third kappa shape index (κ3) is 5.25. The molecule has 2 heterocycles. The lowest BCUT2D eigenvalue weighted by Crippen LogP contribution is -2.35. The molecule has 0 spiro atoms. The molecule has 0 amide bonds. The van der Waals surface area contributed by atoms with E-state index < -0.39 is 0 Å². The maximum Gasteiger partial charge on any atom is 0.152 e. The van der Waals surface area contributed by atoms with E-state index in [0.29, 0.717) is 11.8 Å². The molecule has 0 radical (unpaired) electrons. The van der Waals surface area contributed by atoms with Crippen LogP contribution >= 0.6 is 0 Å². The number of anilines is 1. The third-order valence-electron chi connectivity index (χ3n) is 6.03. The van der Waals surface area contributed by atoms with Crippen molar-refractivity contribution < 1.29 is 0 Å². The summed E-state index contributed by atoms with van der Waals surface area (Å²) in [4.78, 5) is 2.57. The second kappa shape index (κ2) is 9.86. The highest BCUT2D eigenvalue weighted by Crippen LogP contribution is 2.27. The second-order valence-electron chi connectivity index (χ2n) is 8.64. The summed E-state index contributed by atoms with van der Waals surface area (Å²) in [5, 5.41) is 12.7. The first kappa shape index (κ1) is 20.5. The average Bonchev–Trinajstić information content (AvgIpc) is 2.80. The number of aromatic nitrogens is 2. The molecule has 0 atom stereocenters. The number of rotatable bonds is 7. The van der Waals surface area contributed by atoms with Crippen molar-refractivity contribution in [3.63, 3.8) is 0 Å². The van der Waals surface area contributed by atoms with E-state index in [1.807, 2.05) is 18.2 Å². The molecule has 1 N–H and O–H groups in total. The van der Waals surface area contributed by atoms with E-state index in [1.165, 1.54) is 24.0 Å². The van der Waals surface area contributed by atoms with Crippen LogP contribution in [0.1, 0.15) is 43.7 Å². The van der Waals surface area contributed by atoms with Gasteiger partial charge in [-0.25, -0.2) is 0 Å². The molecular formula is C26H32N4. The van der Waals surface area contributed by atoms with Crippen molar-refractivity contribution in [1.82, 2.24) is 15.1 Å². The maximum absolute atomic E-state index is 4.56. The standard InChI is InChI=1S/C26H32N4/c1-20(2)24-17-25(23-11-7-4-8-12-23)28-29-26(24)27-18-21-13-15-30(16-14-21)19-22-9-5-3-6-10-22/h3-12,17,20-21H,13-16,18-19H2,1-2H3,(H,27,29). The van der Waals surface area contributed by atoms with Gasteiger partial charge < -0.3 is 5.32 Å². The van der Waals surface area contributed by atoms with Gasteiger partial charge in [0.2, 0.25) is 0 Å². The Hall–Kier alpha value is -2.72. The Labute approximate surface area is 180 Å². The molecule has 1 aliphatic heterocycles. The molecular weight excluding hydrogens is 368 g/mol. The number of nitrogens with one attached hydrogen (secondary N) is 1. The molecule has 2 aromatic carbocycles. The van der Waals surface area contributed by atoms with Crippen LogP contribution in [0.3, 0.4) is 0 Å². The first-order valence-electron chi connectivity index (χ1n) is 11.1. The lowest BCUT2D eigenvalue weighted by molar-refractivity contribution is 0.182. The minimum atomic E-state index is 0.401. The van der Waals surface area contributed by atoms with E-state index in [4.69, 9.17) is 0 Å². The molecule has 4 nitrogen and oxygen atoms in total. The van der Waals surface area contributed by atoms with Gasteiger partial charge in [-0.15, -0.1) is 10.2 Å². The van der Waals surface area contributed by atoms with E-state index in [0.717, 1.165) is 43.3 Å². The summed E-state index contributed by atoms with van der Waals surface area (Å²) in [6.07, 6.45) is 2.46. The maximum atomic E-state index is 4.56. The van der Waals surface area contributed by atoms with E-state index in [-0.39, 0.29) is 0 Å². The lowest BCUT2D eigenvalue weighted by Gasteiger charge is -2.32. The molecule has 1 fully saturated rings. The van der Waals surface area contributed by atoms with Gasteiger partial charge in [0.1, 0.15) is 0 Å². The Morgan fingerprint density at radius 2 is 1.60 bits per heavy atom. The van der Waals surface area contributed by atoms with Gasteiger partial charge in [-0.1, -0.05) is 74.5 Å². The highest BCUT2D eigenvalue weighted by atomic mass is 15.2. The molecule has 1 saturated heterocycles. The molecule has 30 heavy (non-hydrogen) atoms. The predicted molar refractivity (Wildman–Crippen MR) is 124 cm³/mol. The van der Waals surface area contributed by atoms with E-state index in [2.05, 4.69) is 82.8 Å². The topological polar surface area (TPSA) is 41.1 Å². The zero-order valence-corrected chi connectivity index (χ0v) is 18.1. The SMILES string of the molecule is CC(C)c1cc(-c2ccccc2)nnc1NCC1CCN(Cc2ccccc2)CC1. The van der Waals surface area contributed by atoms with E-state index in [9.17, 15) is 0 Å². The Morgan fingerprint density at radius 3 is 2.27 bits per heavy atom. The van der Waals surface area contributed by atoms with Gasteiger partial charge in [0.15, 0.2) is 5.82 Å². The summed E-state index contributed by atoms with van der Waals surface area (Å²) in [6, 6.07) is 23.3. The summed E-state index contributed by atoms with van der Waals surface area (Å²) in [5.74, 6) is 2.03. The summed E-state index contributed by atoms with van der Waals surface area (Å²) < 4.78 is 0. The van der Waals surface area contributed by atoms with Crippen LogP contribution in [0.15, 0.2) is 66.7 Å². The summed E-state index contributed by atoms with van der Waals surface area (Å²) in [7, 11) is 0. The first-order valence-corrected chi connectivity index (χ1v) is 11.1. The number of likely N-dealkylation sites (tertiary alicyclic amines) is 1. The first-order chi connectivity index (χ1) is 14.7. The van der Waals surface area contributed by atoms with Crippen LogP contribution in [0, 0.1) is 5.92 Å². The predicted octanol–water partition coefficient (Wildman–Crippen LogP) is 5.59. The summed E-state index contributed by atoms with van der Waals surface area (Å²) in [6.45, 7) is 8.80. The molecule has 0 saturated carbocycles. The van der Waals surface area contributed by atoms with Gasteiger partial charge in [0.05, 0.1) is 5.69 Å². The minimum Gasteiger partial charge on any atom is -0.368 e. The molecule has 1 aromatic heterocycles. The molecule has 0 aliphatic carbocycles. The smallest absolute Gasteiger partial charge is 0.152 e. The molecule has 0 bridgehead atoms. The number of nitrogens with zero attached hydrogens (tertiary/aromatic N) is 3. The van der Waals surface area contributed by atoms with Crippen LogP contribution in [0.25, 0.3) is 11.3 Å². The van der Waals surface area contributed by atoms with E-state index in [1.54, 1.807) is 0 Å². The molecule has 3 aromatic rings. The highest BCUT2D eigenvalue weighted by Gasteiger charge is 2.20. The fourth-order valence-electron chi connectivity index (χ4n) is 4.16. The second-order valence-corrected chi connectivity index (χ2v) is 8.64. The van der Waals surface area contributed by atoms with Gasteiger partial charge in [0, 0.05) is 24.2 Å². The van der Waals surface area contributed by atoms with Crippen molar-refractivity contribution in [3.05, 3.63) is 77.9 Å². The lowest BCUT2D eigenvalue weighted by atomic mass is 9.96. The molecule has 4 rings (SSSR count). The Bertz CT molecular complexity index is 916. The quantitative estimate of drug-likeness (QED) is 0.561. The van der Waals surface area contributed by atoms with Crippen LogP contribution in [-0.2, 0) is 6.54 Å². The Balaban J connectivity index is 1.34. The van der Waals surface area contributed by atoms with E-state index >= 15 is 0 Å². The number of benzene rings is 2. The number of piperidine rings is 1. The zero-order chi connectivity index (χ0) is 20.8. The van der Waals surface area contributed by atoms with Gasteiger partial charge in [-0.05, 0) is 49.4 Å². The van der Waals surface area contributed by atoms with Crippen molar-refractivity contribution in [2.24, 2.45) is 5.92 Å². The van der Waals surface area contributed by atoms with Crippen LogP contribution in [0.2, 0.25) is 0 Å². The fourth-order valence-corrected chi connectivity index (χ4v) is 4.16. The van der Waals surface area contributed by atoms with Crippen molar-refractivity contribution >= 4 is 5.82 Å². The molecule has 0 unspecified atom stereocenters. The molecule has 156 valence electrons. The minimum absolute atomic E-state index is 0.401. The molecule has 4 heteroatoms. The zero-order valence-electron chi connectivity index (χ0n) is 18.1. The monoisotopic (exact) mass is 400 g/mol. The van der Waals surface area contributed by atoms with Crippen molar-refractivity contribution in [3.8, 4) is 11.3 Å². The largest absolute Gasteiger partial charge is 0.368 e. The summed E-state index contributed by atoms with van der Waals surface area (Å²) in [5.41, 5.74) is 4.71. The normalized spacial score (nSPS) is 15.4. The number of hydrogen-bond acceptors (Lipinski definition) is 4. The van der Waals surface area contributed by atoms with Gasteiger partial charge in [-0.2, -0.15) is 0 Å². The van der Waals surface area contributed by atoms with Crippen molar-refractivity contribution in [2.75, 3.05) is 25.0 Å². The average molecular weight is 401 g/mol. The van der Waals surface area contributed by atoms with Crippen LogP contribution in [0.5, 0.6) is 0 Å². The van der Waals surface area contributed by atoms with Gasteiger partial charge in [-0.3, -0.25) is 4.90 Å². The summed E-state index contributed by atoms with van der Waals surface area (Å²) >= 11 is 0. The Morgan fingerprint density at radius 1 is 0.933 bits per heavy atom. The van der Waals surface area contributed by atoms with Crippen LogP contribution < -0.4 is 5.32 Å². The number of hydrogen-bond donors (Lipinski definition) is 1. The highest BCUT2D eigenvalue weighted by molar-refractivity contribution is 5.62. The van der Waals surface area contributed by atoms with Gasteiger partial charge >= 0.3 is 0 Å². The van der Waals surface area contributed by atoms with Crippen molar-refractivity contribution in [2.45, 2.75) is 39.2 Å². The fraction of sp³-hybridized carbons (Fsp3) is 0.385. The van der Waals surface area contributed by atoms with Gasteiger partial charge in [0.25, 0.3) is 0 Å². The van der Waals surface area contributed by atoms with Crippen LogP contribution in [-0.4, -0.2) is 34.7 Å².